The summed E-state index contributed by atoms with van der Waals surface area (Å²) in [5, 5.41) is 13.3. The number of phenolic OH excluding ortho intramolecular Hbond substituents is 1. The molecule has 23 heavy (non-hydrogen) atoms. The number of nitrogens with two attached hydrogens (primary N) is 1. The minimum Gasteiger partial charge on any atom is -0.508 e. The molecule has 2 aromatic carbocycles. The molecule has 0 fully saturated rings. The fourth-order valence-corrected chi connectivity index (χ4v) is 2.42. The van der Waals surface area contributed by atoms with Crippen LogP contribution in [0.3, 0.4) is 0 Å². The number of para-hydroxylation sites is 1. The number of phenols is 1. The van der Waals surface area contributed by atoms with Crippen LogP contribution in [0.1, 0.15) is 17.3 Å². The van der Waals surface area contributed by atoms with Crippen LogP contribution in [0, 0.1) is 6.92 Å². The number of nitrogens with one attached hydrogen (secondary N) is 1. The van der Waals surface area contributed by atoms with E-state index < -0.39 is 6.04 Å². The van der Waals surface area contributed by atoms with Gasteiger partial charge in [-0.15, -0.1) is 0 Å². The lowest BCUT2D eigenvalue weighted by Crippen LogP contribution is -2.28. The minimum atomic E-state index is -0.868. The van der Waals surface area contributed by atoms with Gasteiger partial charge in [0.2, 0.25) is 5.91 Å². The number of amides is 1. The molecule has 1 aromatic heterocycles. The van der Waals surface area contributed by atoms with Gasteiger partial charge in [-0.25, -0.2) is 0 Å². The number of pyridine rings is 1. The first kappa shape index (κ1) is 15.0. The summed E-state index contributed by atoms with van der Waals surface area (Å²) in [7, 11) is 0. The Morgan fingerprint density at radius 1 is 1.17 bits per heavy atom. The van der Waals surface area contributed by atoms with Crippen LogP contribution in [-0.2, 0) is 4.79 Å². The Labute approximate surface area is 133 Å². The smallest absolute Gasteiger partial charge is 0.245 e. The largest absolute Gasteiger partial charge is 0.508 e. The molecule has 1 amide bonds. The number of benzene rings is 2. The van der Waals surface area contributed by atoms with E-state index in [1.54, 1.807) is 12.1 Å². The topological polar surface area (TPSA) is 88.2 Å². The second-order valence-corrected chi connectivity index (χ2v) is 5.38. The highest BCUT2D eigenvalue weighted by Gasteiger charge is 2.17. The molecule has 4 N–H and O–H groups in total. The molecule has 0 aliphatic carbocycles. The van der Waals surface area contributed by atoms with E-state index in [0.717, 1.165) is 16.6 Å². The van der Waals surface area contributed by atoms with E-state index in [1.165, 1.54) is 12.1 Å². The van der Waals surface area contributed by atoms with Crippen LogP contribution in [0.5, 0.6) is 5.75 Å². The molecule has 1 unspecified atom stereocenters. The van der Waals surface area contributed by atoms with Gasteiger partial charge >= 0.3 is 0 Å². The van der Waals surface area contributed by atoms with E-state index in [-0.39, 0.29) is 11.7 Å². The third-order valence-electron chi connectivity index (χ3n) is 3.68. The third kappa shape index (κ3) is 3.14. The van der Waals surface area contributed by atoms with Crippen molar-refractivity contribution in [1.29, 1.82) is 0 Å². The van der Waals surface area contributed by atoms with Crippen molar-refractivity contribution in [2.75, 3.05) is 5.32 Å². The molecular formula is C18H17N3O2. The van der Waals surface area contributed by atoms with Gasteiger partial charge in [0, 0.05) is 5.39 Å². The summed E-state index contributed by atoms with van der Waals surface area (Å²) in [6, 6.07) is 15.1. The number of anilines is 1. The number of aryl methyl sites for hydroxylation is 1. The number of hydrogen-bond donors (Lipinski definition) is 3. The lowest BCUT2D eigenvalue weighted by molar-refractivity contribution is -0.117. The lowest BCUT2D eigenvalue weighted by Gasteiger charge is -2.14. The van der Waals surface area contributed by atoms with Gasteiger partial charge in [0.1, 0.15) is 11.8 Å². The molecule has 1 heterocycles. The molecule has 0 aliphatic heterocycles. The molecule has 0 spiro atoms. The maximum Gasteiger partial charge on any atom is 0.245 e. The molecule has 5 nitrogen and oxygen atoms in total. The summed E-state index contributed by atoms with van der Waals surface area (Å²) in [6.07, 6.45) is 0. The zero-order valence-corrected chi connectivity index (χ0v) is 12.7. The summed E-state index contributed by atoms with van der Waals surface area (Å²) in [4.78, 5) is 16.8. The van der Waals surface area contributed by atoms with Crippen molar-refractivity contribution in [2.24, 2.45) is 5.73 Å². The Balaban J connectivity index is 1.86. The van der Waals surface area contributed by atoms with Crippen LogP contribution in [0.25, 0.3) is 10.9 Å². The van der Waals surface area contributed by atoms with Gasteiger partial charge in [0.05, 0.1) is 16.9 Å². The maximum absolute atomic E-state index is 12.4. The van der Waals surface area contributed by atoms with Gasteiger partial charge in [-0.3, -0.25) is 9.78 Å². The number of aromatic hydroxyl groups is 1. The van der Waals surface area contributed by atoms with Crippen LogP contribution in [-0.4, -0.2) is 16.0 Å². The average Bonchev–Trinajstić information content (AvgIpc) is 2.54. The van der Waals surface area contributed by atoms with Crippen LogP contribution >= 0.6 is 0 Å². The fraction of sp³-hybridized carbons (Fsp3) is 0.111. The Morgan fingerprint density at radius 2 is 1.96 bits per heavy atom. The third-order valence-corrected chi connectivity index (χ3v) is 3.68. The molecule has 1 atom stereocenters. The predicted molar refractivity (Wildman–Crippen MR) is 90.1 cm³/mol. The lowest BCUT2D eigenvalue weighted by atomic mass is 10.1. The number of aromatic nitrogens is 1. The Kier molecular flexibility index (Phi) is 3.95. The normalized spacial score (nSPS) is 12.1. The molecule has 0 aliphatic rings. The van der Waals surface area contributed by atoms with Gasteiger partial charge in [-0.05, 0) is 36.8 Å². The van der Waals surface area contributed by atoms with Crippen LogP contribution in [0.15, 0.2) is 54.6 Å². The van der Waals surface area contributed by atoms with E-state index in [2.05, 4.69) is 10.3 Å². The van der Waals surface area contributed by atoms with E-state index in [9.17, 15) is 9.90 Å². The van der Waals surface area contributed by atoms with Gasteiger partial charge < -0.3 is 16.2 Å². The summed E-state index contributed by atoms with van der Waals surface area (Å²) >= 11 is 0. The van der Waals surface area contributed by atoms with E-state index >= 15 is 0 Å². The van der Waals surface area contributed by atoms with Gasteiger partial charge in [-0.2, -0.15) is 0 Å². The predicted octanol–water partition coefficient (Wildman–Crippen LogP) is 2.89. The molecule has 116 valence electrons. The number of rotatable bonds is 3. The highest BCUT2D eigenvalue weighted by Crippen LogP contribution is 2.22. The molecule has 0 saturated heterocycles. The molecule has 0 bridgehead atoms. The van der Waals surface area contributed by atoms with Crippen molar-refractivity contribution in [3.05, 3.63) is 65.9 Å². The first-order valence-electron chi connectivity index (χ1n) is 7.26. The van der Waals surface area contributed by atoms with Crippen molar-refractivity contribution >= 4 is 22.5 Å². The number of nitrogens with zero attached hydrogens (tertiary/aromatic N) is 1. The highest BCUT2D eigenvalue weighted by molar-refractivity contribution is 5.97. The van der Waals surface area contributed by atoms with Crippen molar-refractivity contribution in [2.45, 2.75) is 13.0 Å². The molecular weight excluding hydrogens is 290 g/mol. The second-order valence-electron chi connectivity index (χ2n) is 5.38. The molecule has 3 aromatic rings. The zero-order valence-electron chi connectivity index (χ0n) is 12.7. The maximum atomic E-state index is 12.4. The van der Waals surface area contributed by atoms with E-state index in [0.29, 0.717) is 11.3 Å². The van der Waals surface area contributed by atoms with Crippen molar-refractivity contribution in [3.63, 3.8) is 0 Å². The van der Waals surface area contributed by atoms with Crippen molar-refractivity contribution < 1.29 is 9.90 Å². The van der Waals surface area contributed by atoms with Gasteiger partial charge in [0.25, 0.3) is 0 Å². The zero-order chi connectivity index (χ0) is 16.4. The molecule has 0 radical (unpaired) electrons. The number of carbonyl (C=O) groups is 1. The summed E-state index contributed by atoms with van der Waals surface area (Å²) in [6.45, 7) is 1.84. The van der Waals surface area contributed by atoms with Crippen LogP contribution < -0.4 is 11.1 Å². The standard InChI is InChI=1S/C18H17N3O2/c1-11-16(10-12-5-2-3-8-15(12)20-11)21-18(23)17(19)13-6-4-7-14(22)9-13/h2-10,17,22H,19H2,1H3,(H,21,23). The Morgan fingerprint density at radius 3 is 2.74 bits per heavy atom. The number of carbonyl (C=O) groups excluding carboxylic acids is 1. The highest BCUT2D eigenvalue weighted by atomic mass is 16.3. The second kappa shape index (κ2) is 6.06. The molecule has 3 rings (SSSR count). The van der Waals surface area contributed by atoms with E-state index in [4.69, 9.17) is 5.73 Å². The summed E-state index contributed by atoms with van der Waals surface area (Å²) < 4.78 is 0. The Bertz CT molecular complexity index is 877. The average molecular weight is 307 g/mol. The monoisotopic (exact) mass is 307 g/mol. The quantitative estimate of drug-likeness (QED) is 0.694. The molecule has 5 heteroatoms. The summed E-state index contributed by atoms with van der Waals surface area (Å²) in [5.74, 6) is -0.273. The minimum absolute atomic E-state index is 0.0781. The van der Waals surface area contributed by atoms with E-state index in [1.807, 2.05) is 37.3 Å². The Hall–Kier alpha value is -2.92. The van der Waals surface area contributed by atoms with Gasteiger partial charge in [0.15, 0.2) is 0 Å². The van der Waals surface area contributed by atoms with Crippen LogP contribution in [0.2, 0.25) is 0 Å². The number of fused-ring (bicyclic) bond motifs is 1. The molecule has 0 saturated carbocycles. The fourth-order valence-electron chi connectivity index (χ4n) is 2.42. The van der Waals surface area contributed by atoms with Crippen LogP contribution in [0.4, 0.5) is 5.69 Å². The van der Waals surface area contributed by atoms with Gasteiger partial charge in [-0.1, -0.05) is 30.3 Å². The van der Waals surface area contributed by atoms with Crippen molar-refractivity contribution in [3.8, 4) is 5.75 Å². The first-order chi connectivity index (χ1) is 11.0. The number of hydrogen-bond acceptors (Lipinski definition) is 4. The summed E-state index contributed by atoms with van der Waals surface area (Å²) in [5.41, 5.74) is 8.75. The van der Waals surface area contributed by atoms with Crippen molar-refractivity contribution in [1.82, 2.24) is 4.98 Å². The first-order valence-corrected chi connectivity index (χ1v) is 7.26. The SMILES string of the molecule is Cc1nc2ccccc2cc1NC(=O)C(N)c1cccc(O)c1.